The van der Waals surface area contributed by atoms with Gasteiger partial charge in [0, 0.05) is 29.1 Å². The van der Waals surface area contributed by atoms with Crippen molar-refractivity contribution in [2.75, 3.05) is 16.8 Å². The Balaban J connectivity index is 1.66. The lowest BCUT2D eigenvalue weighted by Crippen LogP contribution is -2.28. The number of hydrogen-bond acceptors (Lipinski definition) is 5. The van der Waals surface area contributed by atoms with E-state index in [4.69, 9.17) is 11.6 Å². The molecule has 0 bridgehead atoms. The van der Waals surface area contributed by atoms with E-state index >= 15 is 0 Å². The number of anilines is 2. The van der Waals surface area contributed by atoms with Gasteiger partial charge in [0.2, 0.25) is 16.9 Å². The summed E-state index contributed by atoms with van der Waals surface area (Å²) in [6, 6.07) is 7.03. The minimum Gasteiger partial charge on any atom is -0.312 e. The Kier molecular flexibility index (Phi) is 5.29. The van der Waals surface area contributed by atoms with Gasteiger partial charge in [-0.25, -0.2) is 0 Å². The van der Waals surface area contributed by atoms with Gasteiger partial charge < -0.3 is 10.2 Å². The average Bonchev–Trinajstić information content (AvgIpc) is 3.23. The maximum absolute atomic E-state index is 12.5. The summed E-state index contributed by atoms with van der Waals surface area (Å²) in [5, 5.41) is 13.0. The highest BCUT2D eigenvalue weighted by Crippen LogP contribution is 2.32. The van der Waals surface area contributed by atoms with Crippen molar-refractivity contribution < 1.29 is 9.59 Å². The van der Waals surface area contributed by atoms with E-state index in [1.54, 1.807) is 29.2 Å². The number of halogens is 1. The molecule has 2 heterocycles. The monoisotopic (exact) mass is 392 g/mol. The SMILES string of the molecule is CCC(C)(C)c1nnc(NC(=O)[C@@H]2CC(=O)N(c3ccc(Cl)cc3)C2)s1. The molecule has 0 aliphatic carbocycles. The molecular weight excluding hydrogens is 372 g/mol. The maximum Gasteiger partial charge on any atom is 0.231 e. The molecule has 1 aromatic carbocycles. The molecule has 138 valence electrons. The van der Waals surface area contributed by atoms with Crippen LogP contribution >= 0.6 is 22.9 Å². The minimum atomic E-state index is -0.412. The summed E-state index contributed by atoms with van der Waals surface area (Å²) in [6.45, 7) is 6.63. The number of rotatable bonds is 5. The van der Waals surface area contributed by atoms with Crippen LogP contribution in [0.4, 0.5) is 10.8 Å². The van der Waals surface area contributed by atoms with Crippen molar-refractivity contribution in [1.29, 1.82) is 0 Å². The third kappa shape index (κ3) is 3.88. The van der Waals surface area contributed by atoms with Gasteiger partial charge in [-0.15, -0.1) is 10.2 Å². The predicted molar refractivity (Wildman–Crippen MR) is 104 cm³/mol. The molecule has 1 fully saturated rings. The zero-order valence-corrected chi connectivity index (χ0v) is 16.5. The van der Waals surface area contributed by atoms with E-state index in [1.165, 1.54) is 11.3 Å². The second-order valence-electron chi connectivity index (χ2n) is 7.02. The first-order chi connectivity index (χ1) is 12.3. The molecule has 8 heteroatoms. The summed E-state index contributed by atoms with van der Waals surface area (Å²) in [5.74, 6) is -0.686. The van der Waals surface area contributed by atoms with Crippen LogP contribution in [0.15, 0.2) is 24.3 Å². The van der Waals surface area contributed by atoms with E-state index in [9.17, 15) is 9.59 Å². The Morgan fingerprint density at radius 2 is 2.04 bits per heavy atom. The zero-order valence-electron chi connectivity index (χ0n) is 15.0. The molecule has 2 aromatic rings. The molecule has 26 heavy (non-hydrogen) atoms. The van der Waals surface area contributed by atoms with Gasteiger partial charge in [0.25, 0.3) is 0 Å². The predicted octanol–water partition coefficient (Wildman–Crippen LogP) is 3.87. The van der Waals surface area contributed by atoms with E-state index in [0.717, 1.165) is 17.1 Å². The Morgan fingerprint density at radius 3 is 2.69 bits per heavy atom. The van der Waals surface area contributed by atoms with Crippen LogP contribution in [0.3, 0.4) is 0 Å². The maximum atomic E-state index is 12.5. The van der Waals surface area contributed by atoms with Crippen molar-refractivity contribution in [2.45, 2.75) is 39.0 Å². The molecule has 1 N–H and O–H groups in total. The number of hydrogen-bond donors (Lipinski definition) is 1. The van der Waals surface area contributed by atoms with Gasteiger partial charge in [0.15, 0.2) is 0 Å². The van der Waals surface area contributed by atoms with Crippen molar-refractivity contribution >= 4 is 45.6 Å². The number of carbonyl (C=O) groups excluding carboxylic acids is 2. The topological polar surface area (TPSA) is 75.2 Å². The van der Waals surface area contributed by atoms with Crippen LogP contribution in [0.25, 0.3) is 0 Å². The Hall–Kier alpha value is -1.99. The minimum absolute atomic E-state index is 0.0717. The Labute approximate surface area is 161 Å². The first-order valence-corrected chi connectivity index (χ1v) is 9.70. The van der Waals surface area contributed by atoms with Crippen LogP contribution in [0.1, 0.15) is 38.6 Å². The van der Waals surface area contributed by atoms with Gasteiger partial charge in [-0.2, -0.15) is 0 Å². The lowest BCUT2D eigenvalue weighted by Gasteiger charge is -2.17. The highest BCUT2D eigenvalue weighted by Gasteiger charge is 2.35. The summed E-state index contributed by atoms with van der Waals surface area (Å²) in [6.07, 6.45) is 1.11. The molecule has 3 rings (SSSR count). The lowest BCUT2D eigenvalue weighted by molar-refractivity contribution is -0.122. The molecule has 1 aliphatic heterocycles. The van der Waals surface area contributed by atoms with Gasteiger partial charge in [0.05, 0.1) is 5.92 Å². The fraction of sp³-hybridized carbons (Fsp3) is 0.444. The lowest BCUT2D eigenvalue weighted by atomic mass is 9.91. The van der Waals surface area contributed by atoms with Gasteiger partial charge in [-0.1, -0.05) is 43.7 Å². The number of nitrogens with zero attached hydrogens (tertiary/aromatic N) is 3. The fourth-order valence-corrected chi connectivity index (χ4v) is 3.70. The first-order valence-electron chi connectivity index (χ1n) is 8.51. The Morgan fingerprint density at radius 1 is 1.35 bits per heavy atom. The molecule has 2 amide bonds. The normalized spacial score (nSPS) is 17.6. The zero-order chi connectivity index (χ0) is 18.9. The summed E-state index contributed by atoms with van der Waals surface area (Å²) in [5.41, 5.74) is 0.674. The summed E-state index contributed by atoms with van der Waals surface area (Å²) < 4.78 is 0. The number of aromatic nitrogens is 2. The van der Waals surface area contributed by atoms with Crippen molar-refractivity contribution in [3.8, 4) is 0 Å². The quantitative estimate of drug-likeness (QED) is 0.838. The van der Waals surface area contributed by atoms with Crippen LogP contribution < -0.4 is 10.2 Å². The van der Waals surface area contributed by atoms with Crippen LogP contribution in [0.5, 0.6) is 0 Å². The molecule has 0 spiro atoms. The first kappa shape index (κ1) is 18.8. The average molecular weight is 393 g/mol. The number of carbonyl (C=O) groups is 2. The highest BCUT2D eigenvalue weighted by atomic mass is 35.5. The number of amides is 2. The Bertz CT molecular complexity index is 819. The van der Waals surface area contributed by atoms with Crippen molar-refractivity contribution in [3.63, 3.8) is 0 Å². The standard InChI is InChI=1S/C18H21ClN4O2S/c1-4-18(2,3)16-21-22-17(26-16)20-15(25)11-9-14(24)23(10-11)13-7-5-12(19)6-8-13/h5-8,11H,4,9-10H2,1-3H3,(H,20,22,25)/t11-/m1/s1. The number of benzene rings is 1. The molecule has 0 radical (unpaired) electrons. The van der Waals surface area contributed by atoms with E-state index < -0.39 is 5.92 Å². The molecule has 6 nitrogen and oxygen atoms in total. The van der Waals surface area contributed by atoms with Gasteiger partial charge in [-0.3, -0.25) is 9.59 Å². The fourth-order valence-electron chi connectivity index (χ4n) is 2.66. The van der Waals surface area contributed by atoms with E-state index in [2.05, 4.69) is 36.3 Å². The van der Waals surface area contributed by atoms with Crippen molar-refractivity contribution in [3.05, 3.63) is 34.3 Å². The smallest absolute Gasteiger partial charge is 0.231 e. The second-order valence-corrected chi connectivity index (χ2v) is 8.43. The second kappa shape index (κ2) is 7.32. The van der Waals surface area contributed by atoms with Crippen LogP contribution in [0.2, 0.25) is 5.02 Å². The molecule has 0 unspecified atom stereocenters. The molecule has 1 saturated heterocycles. The molecule has 1 aliphatic rings. The highest BCUT2D eigenvalue weighted by molar-refractivity contribution is 7.15. The molecule has 0 saturated carbocycles. The van der Waals surface area contributed by atoms with Crippen molar-refractivity contribution in [1.82, 2.24) is 10.2 Å². The van der Waals surface area contributed by atoms with E-state index in [1.807, 2.05) is 0 Å². The molecule has 1 aromatic heterocycles. The summed E-state index contributed by atoms with van der Waals surface area (Å²) in [4.78, 5) is 26.5. The van der Waals surface area contributed by atoms with Gasteiger partial charge in [-0.05, 0) is 30.7 Å². The third-order valence-electron chi connectivity index (χ3n) is 4.75. The summed E-state index contributed by atoms with van der Waals surface area (Å²) in [7, 11) is 0. The van der Waals surface area contributed by atoms with E-state index in [0.29, 0.717) is 16.7 Å². The molecule has 1 atom stereocenters. The summed E-state index contributed by atoms with van der Waals surface area (Å²) >= 11 is 7.27. The van der Waals surface area contributed by atoms with Gasteiger partial charge >= 0.3 is 0 Å². The van der Waals surface area contributed by atoms with E-state index in [-0.39, 0.29) is 23.7 Å². The van der Waals surface area contributed by atoms with Crippen molar-refractivity contribution in [2.24, 2.45) is 5.92 Å². The van der Waals surface area contributed by atoms with Gasteiger partial charge in [0.1, 0.15) is 5.01 Å². The largest absolute Gasteiger partial charge is 0.312 e. The third-order valence-corrected chi connectivity index (χ3v) is 6.21. The van der Waals surface area contributed by atoms with Crippen LogP contribution in [-0.4, -0.2) is 28.6 Å². The van der Waals surface area contributed by atoms with Crippen LogP contribution in [0, 0.1) is 5.92 Å². The van der Waals surface area contributed by atoms with Crippen LogP contribution in [-0.2, 0) is 15.0 Å². The number of nitrogens with one attached hydrogen (secondary N) is 1. The molecular formula is C18H21ClN4O2S.